The van der Waals surface area contributed by atoms with E-state index < -0.39 is 0 Å². The fraction of sp³-hybridized carbons (Fsp3) is 0.0526. The Morgan fingerprint density at radius 3 is 2.32 bits per heavy atom. The third-order valence-corrected chi connectivity index (χ3v) is 4.22. The summed E-state index contributed by atoms with van der Waals surface area (Å²) in [5, 5.41) is 9.99. The molecule has 0 unspecified atom stereocenters. The Balaban J connectivity index is 1.35. The van der Waals surface area contributed by atoms with Gasteiger partial charge in [-0.2, -0.15) is 0 Å². The van der Waals surface area contributed by atoms with Gasteiger partial charge in [0.15, 0.2) is 6.61 Å². The summed E-state index contributed by atoms with van der Waals surface area (Å²) in [6, 6.07) is 20.9. The number of ether oxygens (including phenoxy) is 2. The number of hydrogen-bond acceptors (Lipinski definition) is 6. The van der Waals surface area contributed by atoms with Crippen LogP contribution in [0.5, 0.6) is 17.2 Å². The number of benzene rings is 2. The molecular formula is C19H14N2O3S. The van der Waals surface area contributed by atoms with Crippen LogP contribution in [0.4, 0.5) is 0 Å². The van der Waals surface area contributed by atoms with E-state index >= 15 is 0 Å². The van der Waals surface area contributed by atoms with Gasteiger partial charge in [0, 0.05) is 0 Å². The van der Waals surface area contributed by atoms with Crippen LogP contribution in [0.25, 0.3) is 10.8 Å². The Kier molecular flexibility index (Phi) is 4.43. The Labute approximate surface area is 148 Å². The maximum atomic E-state index is 5.75. The van der Waals surface area contributed by atoms with E-state index in [1.807, 2.05) is 72.1 Å². The van der Waals surface area contributed by atoms with E-state index in [0.717, 1.165) is 16.4 Å². The van der Waals surface area contributed by atoms with Gasteiger partial charge in [-0.15, -0.1) is 21.5 Å². The third kappa shape index (κ3) is 3.87. The molecule has 5 nitrogen and oxygen atoms in total. The first kappa shape index (κ1) is 15.4. The lowest BCUT2D eigenvalue weighted by atomic mass is 10.3. The van der Waals surface area contributed by atoms with Crippen LogP contribution in [-0.4, -0.2) is 10.2 Å². The van der Waals surface area contributed by atoms with Crippen molar-refractivity contribution in [3.8, 4) is 28.0 Å². The van der Waals surface area contributed by atoms with Crippen LogP contribution in [0.1, 0.15) is 5.89 Å². The molecule has 0 atom stereocenters. The van der Waals surface area contributed by atoms with Gasteiger partial charge >= 0.3 is 0 Å². The quantitative estimate of drug-likeness (QED) is 0.480. The fourth-order valence-corrected chi connectivity index (χ4v) is 2.83. The molecule has 2 aromatic heterocycles. The Hall–Kier alpha value is -3.12. The number of thiophene rings is 1. The van der Waals surface area contributed by atoms with Gasteiger partial charge in [-0.25, -0.2) is 0 Å². The zero-order valence-corrected chi connectivity index (χ0v) is 14.0. The van der Waals surface area contributed by atoms with Crippen LogP contribution in [0.3, 0.4) is 0 Å². The monoisotopic (exact) mass is 350 g/mol. The van der Waals surface area contributed by atoms with Crippen LogP contribution in [0.2, 0.25) is 0 Å². The molecule has 0 spiro atoms. The van der Waals surface area contributed by atoms with Crippen LogP contribution >= 0.6 is 11.3 Å². The van der Waals surface area contributed by atoms with Gasteiger partial charge in [0.25, 0.3) is 11.8 Å². The summed E-state index contributed by atoms with van der Waals surface area (Å²) >= 11 is 1.56. The first-order valence-electron chi connectivity index (χ1n) is 7.69. The third-order valence-electron chi connectivity index (χ3n) is 3.36. The van der Waals surface area contributed by atoms with Crippen molar-refractivity contribution in [2.24, 2.45) is 0 Å². The smallest absolute Gasteiger partial charge is 0.257 e. The molecule has 0 radical (unpaired) electrons. The van der Waals surface area contributed by atoms with Crippen molar-refractivity contribution < 1.29 is 13.9 Å². The van der Waals surface area contributed by atoms with Gasteiger partial charge in [0.05, 0.1) is 4.88 Å². The lowest BCUT2D eigenvalue weighted by Crippen LogP contribution is -1.95. The molecule has 0 saturated carbocycles. The molecule has 0 aliphatic rings. The first-order valence-corrected chi connectivity index (χ1v) is 8.57. The van der Waals surface area contributed by atoms with E-state index in [1.54, 1.807) is 11.3 Å². The van der Waals surface area contributed by atoms with Gasteiger partial charge in [-0.1, -0.05) is 24.3 Å². The molecule has 6 heteroatoms. The largest absolute Gasteiger partial charge is 0.484 e. The molecular weight excluding hydrogens is 336 g/mol. The van der Waals surface area contributed by atoms with E-state index in [9.17, 15) is 0 Å². The molecule has 4 aromatic rings. The Morgan fingerprint density at radius 2 is 1.56 bits per heavy atom. The maximum Gasteiger partial charge on any atom is 0.257 e. The molecule has 0 saturated heterocycles. The van der Waals surface area contributed by atoms with Gasteiger partial charge in [0.2, 0.25) is 0 Å². The van der Waals surface area contributed by atoms with Crippen molar-refractivity contribution in [1.29, 1.82) is 0 Å². The number of nitrogens with zero attached hydrogens (tertiary/aromatic N) is 2. The Morgan fingerprint density at radius 1 is 0.800 bits per heavy atom. The number of hydrogen-bond donors (Lipinski definition) is 0. The van der Waals surface area contributed by atoms with Crippen molar-refractivity contribution in [2.45, 2.75) is 6.61 Å². The molecule has 2 heterocycles. The second kappa shape index (κ2) is 7.19. The van der Waals surface area contributed by atoms with Crippen molar-refractivity contribution in [1.82, 2.24) is 10.2 Å². The summed E-state index contributed by atoms with van der Waals surface area (Å²) in [4.78, 5) is 0.946. The second-order valence-electron chi connectivity index (χ2n) is 5.15. The van der Waals surface area contributed by atoms with E-state index in [-0.39, 0.29) is 6.61 Å². The van der Waals surface area contributed by atoms with Crippen LogP contribution in [0.15, 0.2) is 76.5 Å². The SMILES string of the molecule is c1ccc(Oc2ccc(OCc3nnc(-c4cccs4)o3)cc2)cc1. The predicted octanol–water partition coefficient (Wildman–Crippen LogP) is 5.17. The first-order chi connectivity index (χ1) is 12.4. The molecule has 0 aliphatic heterocycles. The van der Waals surface area contributed by atoms with Crippen molar-refractivity contribution in [3.05, 3.63) is 78.0 Å². The minimum absolute atomic E-state index is 0.220. The summed E-state index contributed by atoms with van der Waals surface area (Å²) in [5.74, 6) is 3.20. The molecule has 0 aliphatic carbocycles. The highest BCUT2D eigenvalue weighted by Crippen LogP contribution is 2.25. The van der Waals surface area contributed by atoms with Gasteiger partial charge in [0.1, 0.15) is 17.2 Å². The molecule has 0 amide bonds. The molecule has 25 heavy (non-hydrogen) atoms. The molecule has 0 N–H and O–H groups in total. The summed E-state index contributed by atoms with van der Waals surface area (Å²) < 4.78 is 17.0. The topological polar surface area (TPSA) is 57.4 Å². The highest BCUT2D eigenvalue weighted by atomic mass is 32.1. The predicted molar refractivity (Wildman–Crippen MR) is 94.9 cm³/mol. The average molecular weight is 350 g/mol. The molecule has 0 fully saturated rings. The van der Waals surface area contributed by atoms with E-state index in [0.29, 0.717) is 17.5 Å². The van der Waals surface area contributed by atoms with Crippen molar-refractivity contribution >= 4 is 11.3 Å². The summed E-state index contributed by atoms with van der Waals surface area (Å²) in [6.45, 7) is 0.220. The average Bonchev–Trinajstić information content (AvgIpc) is 3.34. The lowest BCUT2D eigenvalue weighted by Gasteiger charge is -2.07. The number of para-hydroxylation sites is 1. The van der Waals surface area contributed by atoms with E-state index in [2.05, 4.69) is 10.2 Å². The Bertz CT molecular complexity index is 919. The van der Waals surface area contributed by atoms with Gasteiger partial charge < -0.3 is 13.9 Å². The zero-order chi connectivity index (χ0) is 16.9. The van der Waals surface area contributed by atoms with Crippen LogP contribution < -0.4 is 9.47 Å². The molecule has 4 rings (SSSR count). The second-order valence-corrected chi connectivity index (χ2v) is 6.10. The van der Waals surface area contributed by atoms with E-state index in [1.165, 1.54) is 0 Å². The fourth-order valence-electron chi connectivity index (χ4n) is 2.19. The van der Waals surface area contributed by atoms with Crippen LogP contribution in [0, 0.1) is 0 Å². The standard InChI is InChI=1S/C19H14N2O3S/c1-2-5-15(6-3-1)23-16-10-8-14(9-11-16)22-13-18-20-21-19(24-18)17-7-4-12-25-17/h1-12H,13H2. The minimum atomic E-state index is 0.220. The highest BCUT2D eigenvalue weighted by molar-refractivity contribution is 7.13. The summed E-state index contributed by atoms with van der Waals surface area (Å²) in [5.41, 5.74) is 0. The number of rotatable bonds is 6. The van der Waals surface area contributed by atoms with Crippen molar-refractivity contribution in [3.63, 3.8) is 0 Å². The highest BCUT2D eigenvalue weighted by Gasteiger charge is 2.09. The van der Waals surface area contributed by atoms with Gasteiger partial charge in [-0.3, -0.25) is 0 Å². The summed E-state index contributed by atoms with van der Waals surface area (Å²) in [6.07, 6.45) is 0. The molecule has 2 aromatic carbocycles. The molecule has 124 valence electrons. The van der Waals surface area contributed by atoms with Crippen LogP contribution in [-0.2, 0) is 6.61 Å². The van der Waals surface area contributed by atoms with E-state index in [4.69, 9.17) is 13.9 Å². The normalized spacial score (nSPS) is 10.6. The zero-order valence-electron chi connectivity index (χ0n) is 13.2. The summed E-state index contributed by atoms with van der Waals surface area (Å²) in [7, 11) is 0. The maximum absolute atomic E-state index is 5.75. The number of aromatic nitrogens is 2. The lowest BCUT2D eigenvalue weighted by molar-refractivity contribution is 0.264. The molecule has 0 bridgehead atoms. The van der Waals surface area contributed by atoms with Crippen molar-refractivity contribution in [2.75, 3.05) is 0 Å². The van der Waals surface area contributed by atoms with Gasteiger partial charge in [-0.05, 0) is 47.8 Å². The minimum Gasteiger partial charge on any atom is -0.484 e.